The van der Waals surface area contributed by atoms with E-state index in [0.29, 0.717) is 31.7 Å². The number of likely N-dealkylation sites (tertiary alicyclic amines) is 1. The van der Waals surface area contributed by atoms with Gasteiger partial charge in [0.15, 0.2) is 0 Å². The molecule has 0 spiro atoms. The number of hydrogen-bond acceptors (Lipinski definition) is 3. The number of aliphatic hydroxyl groups is 1. The van der Waals surface area contributed by atoms with E-state index in [1.165, 1.54) is 64.2 Å². The summed E-state index contributed by atoms with van der Waals surface area (Å²) in [6, 6.07) is 5.70. The molecular weight excluding hydrogens is 479 g/mol. The molecule has 3 fully saturated rings. The van der Waals surface area contributed by atoms with Crippen LogP contribution in [0.5, 0.6) is 0 Å². The first kappa shape index (κ1) is 28.6. The molecule has 3 aliphatic rings. The van der Waals surface area contributed by atoms with Gasteiger partial charge in [-0.3, -0.25) is 9.59 Å². The van der Waals surface area contributed by atoms with Crippen LogP contribution in [0.2, 0.25) is 0 Å². The Kier molecular flexibility index (Phi) is 10.9. The van der Waals surface area contributed by atoms with Gasteiger partial charge in [-0.05, 0) is 93.9 Å². The lowest BCUT2D eigenvalue weighted by Gasteiger charge is -2.32. The first-order chi connectivity index (χ1) is 18.0. The van der Waals surface area contributed by atoms with Crippen molar-refractivity contribution >= 4 is 20.4 Å². The molecule has 1 saturated heterocycles. The number of hydrogen-bond donors (Lipinski definition) is 2. The topological polar surface area (TPSA) is 69.6 Å². The molecule has 2 aliphatic carbocycles. The van der Waals surface area contributed by atoms with Crippen LogP contribution >= 0.6 is 8.58 Å². The van der Waals surface area contributed by atoms with Crippen LogP contribution in [0.3, 0.4) is 0 Å². The zero-order chi connectivity index (χ0) is 26.2. The third-order valence-corrected chi connectivity index (χ3v) is 9.97. The molecule has 1 aromatic rings. The number of aliphatic hydroxyl groups excluding tert-OH is 1. The van der Waals surface area contributed by atoms with Gasteiger partial charge in [0.2, 0.25) is 0 Å². The predicted molar refractivity (Wildman–Crippen MR) is 154 cm³/mol. The third kappa shape index (κ3) is 7.57. The Hall–Kier alpha value is -1.45. The highest BCUT2D eigenvalue weighted by Gasteiger charge is 2.35. The molecule has 1 aromatic carbocycles. The summed E-state index contributed by atoms with van der Waals surface area (Å²) in [6.45, 7) is 4.91. The lowest BCUT2D eigenvalue weighted by Crippen LogP contribution is -2.47. The van der Waals surface area contributed by atoms with Gasteiger partial charge in [0.1, 0.15) is 0 Å². The molecule has 4 unspecified atom stereocenters. The SMILES string of the molecule is CPCC(NC(=O)c1cc(C)cc(C(=O)N2CCCC2C2CCCCCCCC2)c1)C(O)C1CCCC1. The smallest absolute Gasteiger partial charge is 0.254 e. The first-order valence-corrected chi connectivity index (χ1v) is 16.7. The van der Waals surface area contributed by atoms with Crippen LogP contribution < -0.4 is 5.32 Å². The molecule has 206 valence electrons. The number of nitrogens with zero attached hydrogens (tertiary/aromatic N) is 1. The Bertz CT molecular complexity index is 890. The zero-order valence-corrected chi connectivity index (χ0v) is 24.1. The number of benzene rings is 1. The van der Waals surface area contributed by atoms with Crippen molar-refractivity contribution in [1.82, 2.24) is 10.2 Å². The summed E-state index contributed by atoms with van der Waals surface area (Å²) in [5, 5.41) is 14.2. The van der Waals surface area contributed by atoms with Crippen LogP contribution in [0.25, 0.3) is 0 Å². The van der Waals surface area contributed by atoms with Crippen molar-refractivity contribution in [2.24, 2.45) is 11.8 Å². The quantitative estimate of drug-likeness (QED) is 0.389. The number of nitrogens with one attached hydrogen (secondary N) is 1. The molecule has 0 aromatic heterocycles. The number of aryl methyl sites for hydroxylation is 1. The first-order valence-electron chi connectivity index (χ1n) is 15.0. The average molecular weight is 529 g/mol. The summed E-state index contributed by atoms with van der Waals surface area (Å²) < 4.78 is 0. The molecule has 4 rings (SSSR count). The van der Waals surface area contributed by atoms with E-state index in [1.54, 1.807) is 6.07 Å². The minimum absolute atomic E-state index is 0.0812. The second-order valence-corrected chi connectivity index (χ2v) is 13.0. The lowest BCUT2D eigenvalue weighted by molar-refractivity contribution is 0.0667. The van der Waals surface area contributed by atoms with E-state index in [4.69, 9.17) is 0 Å². The molecule has 6 heteroatoms. The summed E-state index contributed by atoms with van der Waals surface area (Å²) >= 11 is 0. The molecule has 1 aliphatic heterocycles. The Labute approximate surface area is 226 Å². The van der Waals surface area contributed by atoms with Crippen molar-refractivity contribution in [2.45, 2.75) is 115 Å². The van der Waals surface area contributed by atoms with Gasteiger partial charge in [-0.25, -0.2) is 0 Å². The van der Waals surface area contributed by atoms with Gasteiger partial charge in [-0.2, -0.15) is 0 Å². The molecule has 2 amide bonds. The molecule has 4 atom stereocenters. The highest BCUT2D eigenvalue weighted by atomic mass is 31.1. The zero-order valence-electron chi connectivity index (χ0n) is 23.1. The Morgan fingerprint density at radius 1 is 0.919 bits per heavy atom. The normalized spacial score (nSPS) is 24.1. The number of carbonyl (C=O) groups is 2. The van der Waals surface area contributed by atoms with Gasteiger partial charge in [0.05, 0.1) is 12.1 Å². The molecule has 5 nitrogen and oxygen atoms in total. The summed E-state index contributed by atoms with van der Waals surface area (Å²) in [5.41, 5.74) is 2.09. The Morgan fingerprint density at radius 2 is 1.54 bits per heavy atom. The lowest BCUT2D eigenvalue weighted by atomic mass is 9.88. The van der Waals surface area contributed by atoms with Crippen LogP contribution in [-0.2, 0) is 0 Å². The largest absolute Gasteiger partial charge is 0.391 e. The predicted octanol–water partition coefficient (Wildman–Crippen LogP) is 6.31. The minimum atomic E-state index is -0.497. The van der Waals surface area contributed by atoms with E-state index in [0.717, 1.165) is 44.0 Å². The maximum Gasteiger partial charge on any atom is 0.254 e. The molecule has 37 heavy (non-hydrogen) atoms. The number of rotatable bonds is 8. The third-order valence-electron chi connectivity index (χ3n) is 9.13. The van der Waals surface area contributed by atoms with Crippen molar-refractivity contribution < 1.29 is 14.7 Å². The van der Waals surface area contributed by atoms with Crippen LogP contribution in [0.4, 0.5) is 0 Å². The standard InChI is InChI=1S/C31H49N2O3P/c1-22-18-25(30(35)32-27(21-37-2)29(34)24-14-9-10-15-24)20-26(19-22)31(36)33-17-11-16-28(33)23-12-7-5-3-4-6-8-13-23/h18-20,23-24,27-29,34,37H,3-17,21H2,1-2H3,(H,32,35). The van der Waals surface area contributed by atoms with Crippen LogP contribution in [-0.4, -0.2) is 59.4 Å². The van der Waals surface area contributed by atoms with Crippen molar-refractivity contribution in [3.8, 4) is 0 Å². The fourth-order valence-corrected chi connectivity index (χ4v) is 7.93. The van der Waals surface area contributed by atoms with E-state index in [2.05, 4.69) is 16.9 Å². The van der Waals surface area contributed by atoms with E-state index in [1.807, 2.05) is 19.1 Å². The summed E-state index contributed by atoms with van der Waals surface area (Å²) in [6.07, 6.45) is 17.3. The molecule has 2 N–H and O–H groups in total. The van der Waals surface area contributed by atoms with Crippen LogP contribution in [0, 0.1) is 18.8 Å². The molecule has 0 radical (unpaired) electrons. The van der Waals surface area contributed by atoms with Crippen molar-refractivity contribution in [2.75, 3.05) is 19.4 Å². The maximum absolute atomic E-state index is 13.8. The van der Waals surface area contributed by atoms with Crippen molar-refractivity contribution in [3.05, 3.63) is 34.9 Å². The van der Waals surface area contributed by atoms with Gasteiger partial charge in [-0.15, -0.1) is 8.58 Å². The fraction of sp³-hybridized carbons (Fsp3) is 0.742. The second-order valence-electron chi connectivity index (χ2n) is 11.9. The summed E-state index contributed by atoms with van der Waals surface area (Å²) in [4.78, 5) is 29.3. The minimum Gasteiger partial charge on any atom is -0.391 e. The Balaban J connectivity index is 1.47. The monoisotopic (exact) mass is 528 g/mol. The molecule has 1 heterocycles. The van der Waals surface area contributed by atoms with Crippen LogP contribution in [0.1, 0.15) is 116 Å². The molecule has 0 bridgehead atoms. The van der Waals surface area contributed by atoms with Gasteiger partial charge in [0.25, 0.3) is 11.8 Å². The van der Waals surface area contributed by atoms with E-state index in [9.17, 15) is 14.7 Å². The van der Waals surface area contributed by atoms with Gasteiger partial charge >= 0.3 is 0 Å². The van der Waals surface area contributed by atoms with Crippen molar-refractivity contribution in [3.63, 3.8) is 0 Å². The van der Waals surface area contributed by atoms with E-state index in [-0.39, 0.29) is 23.8 Å². The maximum atomic E-state index is 13.8. The highest BCUT2D eigenvalue weighted by Crippen LogP contribution is 2.34. The highest BCUT2D eigenvalue weighted by molar-refractivity contribution is 7.37. The molecular formula is C31H49N2O3P. The van der Waals surface area contributed by atoms with E-state index >= 15 is 0 Å². The van der Waals surface area contributed by atoms with Crippen LogP contribution in [0.15, 0.2) is 18.2 Å². The van der Waals surface area contributed by atoms with Crippen molar-refractivity contribution in [1.29, 1.82) is 0 Å². The van der Waals surface area contributed by atoms with Gasteiger partial charge < -0.3 is 15.3 Å². The average Bonchev–Trinajstić information content (AvgIpc) is 3.61. The summed E-state index contributed by atoms with van der Waals surface area (Å²) in [7, 11) is 0.661. The molecule has 2 saturated carbocycles. The fourth-order valence-electron chi connectivity index (χ4n) is 7.14. The number of amides is 2. The second kappa shape index (κ2) is 14.1. The summed E-state index contributed by atoms with van der Waals surface area (Å²) in [5.74, 6) is 0.788. The number of carbonyl (C=O) groups excluding carboxylic acids is 2. The van der Waals surface area contributed by atoms with Gasteiger partial charge in [-0.1, -0.05) is 51.4 Å². The Morgan fingerprint density at radius 3 is 2.22 bits per heavy atom. The van der Waals surface area contributed by atoms with E-state index < -0.39 is 6.10 Å². The van der Waals surface area contributed by atoms with Gasteiger partial charge in [0, 0.05) is 23.7 Å².